The maximum absolute atomic E-state index is 12.6. The predicted octanol–water partition coefficient (Wildman–Crippen LogP) is -0.0179. The zero-order valence-corrected chi connectivity index (χ0v) is 20.8. The molecule has 0 saturated heterocycles. The van der Waals surface area contributed by atoms with Crippen LogP contribution in [0.1, 0.15) is 15.9 Å². The Morgan fingerprint density at radius 3 is 2.32 bits per heavy atom. The first kappa shape index (κ1) is 26.7. The SMILES string of the molecule is Cc1cc(NC(=O)NC(=O)c2ccccc2NC(=O)[NH+](C)C)ccc1Oc1ncc(Br)cn1.[Cl-]. The second kappa shape index (κ2) is 12.1. The van der Waals surface area contributed by atoms with Gasteiger partial charge in [-0.2, -0.15) is 0 Å². The van der Waals surface area contributed by atoms with Gasteiger partial charge in [0.25, 0.3) is 5.91 Å². The molecule has 0 atom stereocenters. The number of amides is 5. The number of halogens is 2. The molecule has 3 rings (SSSR count). The van der Waals surface area contributed by atoms with Gasteiger partial charge in [-0.1, -0.05) is 12.1 Å². The average Bonchev–Trinajstić information content (AvgIpc) is 2.77. The zero-order chi connectivity index (χ0) is 24.0. The number of urea groups is 2. The van der Waals surface area contributed by atoms with E-state index in [1.807, 2.05) is 0 Å². The Morgan fingerprint density at radius 1 is 1.00 bits per heavy atom. The minimum atomic E-state index is -0.719. The van der Waals surface area contributed by atoms with Crippen molar-refractivity contribution in [1.82, 2.24) is 15.3 Å². The van der Waals surface area contributed by atoms with Gasteiger partial charge in [0.1, 0.15) is 5.75 Å². The van der Waals surface area contributed by atoms with Crippen molar-refractivity contribution in [3.05, 3.63) is 70.5 Å². The van der Waals surface area contributed by atoms with Gasteiger partial charge in [-0.25, -0.2) is 19.6 Å². The molecule has 0 aliphatic carbocycles. The number of aromatic nitrogens is 2. The number of rotatable bonds is 5. The van der Waals surface area contributed by atoms with E-state index in [2.05, 4.69) is 41.8 Å². The zero-order valence-electron chi connectivity index (χ0n) is 18.5. The molecule has 0 spiro atoms. The van der Waals surface area contributed by atoms with Gasteiger partial charge < -0.3 is 22.5 Å². The van der Waals surface area contributed by atoms with Crippen molar-refractivity contribution < 1.29 is 36.4 Å². The molecular weight excluding hydrogens is 528 g/mol. The lowest BCUT2D eigenvalue weighted by Gasteiger charge is -2.13. The van der Waals surface area contributed by atoms with Crippen molar-refractivity contribution in [3.8, 4) is 11.8 Å². The lowest BCUT2D eigenvalue weighted by Crippen LogP contribution is -3.09. The fourth-order valence-electron chi connectivity index (χ4n) is 2.66. The molecule has 3 aromatic rings. The number of hydrogen-bond donors (Lipinski definition) is 4. The Morgan fingerprint density at radius 2 is 1.68 bits per heavy atom. The first-order valence-electron chi connectivity index (χ1n) is 9.82. The van der Waals surface area contributed by atoms with Gasteiger partial charge in [-0.15, -0.1) is 0 Å². The van der Waals surface area contributed by atoms with Crippen molar-refractivity contribution in [2.75, 3.05) is 24.7 Å². The highest BCUT2D eigenvalue weighted by Crippen LogP contribution is 2.25. The summed E-state index contributed by atoms with van der Waals surface area (Å²) in [6.07, 6.45) is 3.14. The summed E-state index contributed by atoms with van der Waals surface area (Å²) < 4.78 is 6.38. The fraction of sp³-hybridized carbons (Fsp3) is 0.136. The van der Waals surface area contributed by atoms with Gasteiger partial charge >= 0.3 is 18.1 Å². The second-order valence-corrected chi connectivity index (χ2v) is 8.09. The number of anilines is 2. The summed E-state index contributed by atoms with van der Waals surface area (Å²) in [7, 11) is 3.32. The van der Waals surface area contributed by atoms with E-state index in [1.165, 1.54) is 6.07 Å². The summed E-state index contributed by atoms with van der Waals surface area (Å²) in [6.45, 7) is 1.80. The standard InChI is InChI=1S/C22H21BrN6O4.ClH/c1-13-10-15(8-9-18(13)33-21-24-11-14(23)12-25-21)26-20(31)28-19(30)16-6-4-5-7-17(16)27-22(32)29(2)3;/h4-12H,1-3H3,(H,27,32)(H2,26,28,30,31);1H. The van der Waals surface area contributed by atoms with E-state index in [9.17, 15) is 14.4 Å². The Hall–Kier alpha value is -3.54. The number of nitrogens with zero attached hydrogens (tertiary/aromatic N) is 2. The van der Waals surface area contributed by atoms with E-state index >= 15 is 0 Å². The molecule has 34 heavy (non-hydrogen) atoms. The Bertz CT molecular complexity index is 1190. The highest BCUT2D eigenvalue weighted by molar-refractivity contribution is 9.10. The van der Waals surface area contributed by atoms with E-state index in [0.29, 0.717) is 22.0 Å². The summed E-state index contributed by atoms with van der Waals surface area (Å²) in [5.41, 5.74) is 1.66. The molecule has 12 heteroatoms. The molecule has 0 aliphatic heterocycles. The lowest BCUT2D eigenvalue weighted by molar-refractivity contribution is -0.766. The van der Waals surface area contributed by atoms with Crippen LogP contribution < -0.4 is 38.0 Å². The summed E-state index contributed by atoms with van der Waals surface area (Å²) in [5.74, 6) is -0.131. The molecule has 0 bridgehead atoms. The summed E-state index contributed by atoms with van der Waals surface area (Å²) in [4.78, 5) is 45.6. The molecular formula is C22H22BrClN6O4. The summed E-state index contributed by atoms with van der Waals surface area (Å²) in [6, 6.07) is 10.6. The Labute approximate surface area is 210 Å². The lowest BCUT2D eigenvalue weighted by atomic mass is 10.1. The quantitative estimate of drug-likeness (QED) is 0.354. The third-order valence-electron chi connectivity index (χ3n) is 4.33. The van der Waals surface area contributed by atoms with E-state index in [1.54, 1.807) is 69.8 Å². The first-order chi connectivity index (χ1) is 15.7. The molecule has 5 amide bonds. The van der Waals surface area contributed by atoms with E-state index in [4.69, 9.17) is 4.74 Å². The van der Waals surface area contributed by atoms with Crippen LogP contribution in [0.15, 0.2) is 59.3 Å². The van der Waals surface area contributed by atoms with Crippen LogP contribution in [0.4, 0.5) is 21.0 Å². The van der Waals surface area contributed by atoms with Gasteiger partial charge in [0.15, 0.2) is 0 Å². The van der Waals surface area contributed by atoms with E-state index in [0.717, 1.165) is 10.0 Å². The molecule has 0 aliphatic rings. The minimum Gasteiger partial charge on any atom is -1.00 e. The second-order valence-electron chi connectivity index (χ2n) is 7.17. The van der Waals surface area contributed by atoms with Crippen LogP contribution in [-0.2, 0) is 0 Å². The highest BCUT2D eigenvalue weighted by Gasteiger charge is 2.18. The minimum absolute atomic E-state index is 0. The molecule has 0 fully saturated rings. The molecule has 178 valence electrons. The largest absolute Gasteiger partial charge is 1.00 e. The number of para-hydroxylation sites is 1. The predicted molar refractivity (Wildman–Crippen MR) is 126 cm³/mol. The molecule has 0 radical (unpaired) electrons. The smallest absolute Gasteiger partial charge is 0.418 e. The van der Waals surface area contributed by atoms with Gasteiger partial charge in [0.2, 0.25) is 0 Å². The van der Waals surface area contributed by atoms with Crippen molar-refractivity contribution in [2.24, 2.45) is 0 Å². The third kappa shape index (κ3) is 7.24. The summed E-state index contributed by atoms with van der Waals surface area (Å²) >= 11 is 3.26. The number of imide groups is 1. The van der Waals surface area contributed by atoms with Crippen LogP contribution in [0, 0.1) is 6.92 Å². The normalized spacial score (nSPS) is 10.1. The molecule has 1 heterocycles. The molecule has 4 N–H and O–H groups in total. The molecule has 1 aromatic heterocycles. The van der Waals surface area contributed by atoms with Crippen LogP contribution in [0.3, 0.4) is 0 Å². The van der Waals surface area contributed by atoms with Crippen LogP contribution in [0.2, 0.25) is 0 Å². The number of carbonyl (C=O) groups is 3. The average molecular weight is 550 g/mol. The van der Waals surface area contributed by atoms with Crippen LogP contribution in [0.5, 0.6) is 11.8 Å². The number of benzene rings is 2. The van der Waals surface area contributed by atoms with Gasteiger partial charge in [0.05, 0.1) is 29.8 Å². The monoisotopic (exact) mass is 548 g/mol. The number of ether oxygens (including phenoxy) is 1. The van der Waals surface area contributed by atoms with Crippen LogP contribution in [0.25, 0.3) is 0 Å². The maximum Gasteiger partial charge on any atom is 0.418 e. The van der Waals surface area contributed by atoms with Crippen molar-refractivity contribution >= 4 is 45.3 Å². The highest BCUT2D eigenvalue weighted by atomic mass is 79.9. The third-order valence-corrected chi connectivity index (χ3v) is 4.74. The first-order valence-corrected chi connectivity index (χ1v) is 10.6. The number of quaternary nitrogens is 1. The van der Waals surface area contributed by atoms with Gasteiger partial charge in [-0.05, 0) is 58.7 Å². The summed E-state index contributed by atoms with van der Waals surface area (Å²) in [5, 5.41) is 7.52. The number of carbonyl (C=O) groups excluding carboxylic acids is 3. The van der Waals surface area contributed by atoms with Crippen molar-refractivity contribution in [1.29, 1.82) is 0 Å². The Balaban J connectivity index is 0.00000408. The van der Waals surface area contributed by atoms with Crippen molar-refractivity contribution in [3.63, 3.8) is 0 Å². The topological polar surface area (TPSA) is 127 Å². The van der Waals surface area contributed by atoms with Crippen LogP contribution >= 0.6 is 15.9 Å². The number of hydrogen-bond acceptors (Lipinski definition) is 6. The van der Waals surface area contributed by atoms with E-state index < -0.39 is 11.9 Å². The molecule has 2 aromatic carbocycles. The number of aryl methyl sites for hydroxylation is 1. The van der Waals surface area contributed by atoms with Gasteiger partial charge in [0, 0.05) is 18.1 Å². The van der Waals surface area contributed by atoms with Crippen LogP contribution in [-0.4, -0.2) is 42.0 Å². The Kier molecular flexibility index (Phi) is 9.48. The van der Waals surface area contributed by atoms with Crippen molar-refractivity contribution in [2.45, 2.75) is 6.92 Å². The molecule has 0 saturated carbocycles. The number of nitrogens with one attached hydrogen (secondary N) is 4. The maximum atomic E-state index is 12.6. The van der Waals surface area contributed by atoms with E-state index in [-0.39, 0.29) is 30.0 Å². The molecule has 0 unspecified atom stereocenters. The van der Waals surface area contributed by atoms with Gasteiger partial charge in [-0.3, -0.25) is 20.3 Å². The molecule has 10 nitrogen and oxygen atoms in total. The fourth-order valence-corrected chi connectivity index (χ4v) is 2.87.